The molecule has 0 aliphatic carbocycles. The molecule has 0 aliphatic heterocycles. The lowest BCUT2D eigenvalue weighted by Crippen LogP contribution is -2.14. The largest absolute Gasteiger partial charge is 0.469 e. The summed E-state index contributed by atoms with van der Waals surface area (Å²) in [6, 6.07) is 0. The van der Waals surface area contributed by atoms with E-state index in [4.69, 9.17) is 4.74 Å². The van der Waals surface area contributed by atoms with Crippen LogP contribution < -0.4 is 0 Å². The Morgan fingerprint density at radius 2 is 2.33 bits per heavy atom. The van der Waals surface area contributed by atoms with Gasteiger partial charge in [0.15, 0.2) is 0 Å². The molecule has 0 radical (unpaired) electrons. The van der Waals surface area contributed by atoms with Crippen LogP contribution in [0.25, 0.3) is 0 Å². The average molecular weight is 291 g/mol. The van der Waals surface area contributed by atoms with Gasteiger partial charge in [-0.2, -0.15) is 11.3 Å². The van der Waals surface area contributed by atoms with Gasteiger partial charge in [0.25, 0.3) is 0 Å². The van der Waals surface area contributed by atoms with Crippen LogP contribution in [0.2, 0.25) is 0 Å². The van der Waals surface area contributed by atoms with Crippen molar-refractivity contribution in [1.82, 2.24) is 0 Å². The first-order valence-electron chi connectivity index (χ1n) is 5.00. The number of hydrogen-bond acceptors (Lipinski definition) is 3. The maximum atomic E-state index is 11.6. The van der Waals surface area contributed by atoms with Crippen LogP contribution in [0.1, 0.15) is 37.7 Å². The van der Waals surface area contributed by atoms with Gasteiger partial charge in [-0.25, -0.2) is 0 Å². The fraction of sp³-hybridized carbons (Fsp3) is 0.545. The quantitative estimate of drug-likeness (QED) is 0.768. The number of ether oxygens (including phenoxy) is 1. The molecule has 0 N–H and O–H groups in total. The second kappa shape index (κ2) is 6.28. The molecule has 4 heteroatoms. The van der Waals surface area contributed by atoms with Crippen LogP contribution in [0, 0.1) is 0 Å². The minimum atomic E-state index is -0.137. The summed E-state index contributed by atoms with van der Waals surface area (Å²) >= 11 is 5.06. The molecular weight excluding hydrogens is 276 g/mol. The Kier molecular flexibility index (Phi) is 5.32. The van der Waals surface area contributed by atoms with Crippen LogP contribution in [0.3, 0.4) is 0 Å². The van der Waals surface area contributed by atoms with Gasteiger partial charge in [-0.1, -0.05) is 19.8 Å². The summed E-state index contributed by atoms with van der Waals surface area (Å²) in [6.45, 7) is 2.12. The van der Waals surface area contributed by atoms with Crippen molar-refractivity contribution >= 4 is 33.2 Å². The number of halogens is 1. The summed E-state index contributed by atoms with van der Waals surface area (Å²) in [4.78, 5) is 11.6. The Morgan fingerprint density at radius 1 is 1.60 bits per heavy atom. The molecule has 0 amide bonds. The van der Waals surface area contributed by atoms with Crippen LogP contribution in [0.15, 0.2) is 15.2 Å². The summed E-state index contributed by atoms with van der Waals surface area (Å²) in [5, 5.41) is 4.01. The van der Waals surface area contributed by atoms with E-state index in [1.54, 1.807) is 11.3 Å². The number of methoxy groups -OCH3 is 1. The molecule has 1 rings (SSSR count). The third-order valence-corrected chi connectivity index (χ3v) is 4.10. The molecule has 1 aromatic heterocycles. The molecule has 1 atom stereocenters. The van der Waals surface area contributed by atoms with Crippen molar-refractivity contribution in [3.63, 3.8) is 0 Å². The predicted molar refractivity (Wildman–Crippen MR) is 66.3 cm³/mol. The highest BCUT2D eigenvalue weighted by Gasteiger charge is 2.23. The van der Waals surface area contributed by atoms with Gasteiger partial charge in [-0.3, -0.25) is 4.79 Å². The van der Waals surface area contributed by atoms with E-state index in [0.717, 1.165) is 29.3 Å². The van der Waals surface area contributed by atoms with Crippen molar-refractivity contribution in [2.45, 2.75) is 32.1 Å². The average Bonchev–Trinajstić information content (AvgIpc) is 2.65. The molecule has 0 bridgehead atoms. The molecule has 0 saturated carbocycles. The normalized spacial score (nSPS) is 12.5. The second-order valence-electron chi connectivity index (χ2n) is 3.39. The van der Waals surface area contributed by atoms with Crippen molar-refractivity contribution in [1.29, 1.82) is 0 Å². The van der Waals surface area contributed by atoms with Crippen molar-refractivity contribution < 1.29 is 9.53 Å². The maximum Gasteiger partial charge on any atom is 0.313 e. The standard InChI is InChI=1S/C11H15BrO2S/c1-3-4-5-8(11(13)14-2)9-6-15-7-10(9)12/h6-8H,3-5H2,1-2H3. The number of esters is 1. The van der Waals surface area contributed by atoms with Gasteiger partial charge in [0, 0.05) is 9.85 Å². The fourth-order valence-electron chi connectivity index (χ4n) is 1.49. The van der Waals surface area contributed by atoms with E-state index >= 15 is 0 Å². The minimum Gasteiger partial charge on any atom is -0.469 e. The molecule has 2 nitrogen and oxygen atoms in total. The zero-order chi connectivity index (χ0) is 11.3. The van der Waals surface area contributed by atoms with Crippen molar-refractivity contribution in [2.75, 3.05) is 7.11 Å². The monoisotopic (exact) mass is 290 g/mol. The van der Waals surface area contributed by atoms with Crippen molar-refractivity contribution in [3.8, 4) is 0 Å². The first-order chi connectivity index (χ1) is 7.20. The van der Waals surface area contributed by atoms with Gasteiger partial charge in [0.05, 0.1) is 13.0 Å². The van der Waals surface area contributed by atoms with Gasteiger partial charge in [0.2, 0.25) is 0 Å². The third-order valence-electron chi connectivity index (χ3n) is 2.35. The predicted octanol–water partition coefficient (Wildman–Crippen LogP) is 3.96. The van der Waals surface area contributed by atoms with E-state index in [0.29, 0.717) is 0 Å². The Hall–Kier alpha value is -0.350. The first-order valence-corrected chi connectivity index (χ1v) is 6.73. The van der Waals surface area contributed by atoms with E-state index < -0.39 is 0 Å². The van der Waals surface area contributed by atoms with E-state index in [-0.39, 0.29) is 11.9 Å². The molecular formula is C11H15BrO2S. The Labute approximate surface area is 103 Å². The molecule has 0 saturated heterocycles. The molecule has 1 heterocycles. The first kappa shape index (κ1) is 12.7. The number of hydrogen-bond donors (Lipinski definition) is 0. The van der Waals surface area contributed by atoms with Crippen LogP contribution >= 0.6 is 27.3 Å². The van der Waals surface area contributed by atoms with E-state index in [9.17, 15) is 4.79 Å². The lowest BCUT2D eigenvalue weighted by molar-refractivity contribution is -0.142. The SMILES string of the molecule is CCCCC(C(=O)OC)c1cscc1Br. The van der Waals surface area contributed by atoms with Crippen molar-refractivity contribution in [2.24, 2.45) is 0 Å². The van der Waals surface area contributed by atoms with Crippen molar-refractivity contribution in [3.05, 3.63) is 20.8 Å². The van der Waals surface area contributed by atoms with Crippen LogP contribution in [0.5, 0.6) is 0 Å². The molecule has 0 fully saturated rings. The van der Waals surface area contributed by atoms with Crippen LogP contribution in [-0.4, -0.2) is 13.1 Å². The topological polar surface area (TPSA) is 26.3 Å². The molecule has 0 spiro atoms. The summed E-state index contributed by atoms with van der Waals surface area (Å²) in [6.07, 6.45) is 3.00. The molecule has 84 valence electrons. The van der Waals surface area contributed by atoms with Crippen LogP contribution in [0.4, 0.5) is 0 Å². The van der Waals surface area contributed by atoms with E-state index in [1.807, 2.05) is 10.8 Å². The zero-order valence-corrected chi connectivity index (χ0v) is 11.4. The molecule has 15 heavy (non-hydrogen) atoms. The van der Waals surface area contributed by atoms with Crippen LogP contribution in [-0.2, 0) is 9.53 Å². The Balaban J connectivity index is 2.81. The number of thiophene rings is 1. The van der Waals surface area contributed by atoms with Gasteiger partial charge in [0.1, 0.15) is 0 Å². The second-order valence-corrected chi connectivity index (χ2v) is 4.99. The highest BCUT2D eigenvalue weighted by Crippen LogP contribution is 2.32. The zero-order valence-electron chi connectivity index (χ0n) is 8.96. The molecule has 1 unspecified atom stereocenters. The third kappa shape index (κ3) is 3.31. The van der Waals surface area contributed by atoms with Gasteiger partial charge in [-0.05, 0) is 33.3 Å². The highest BCUT2D eigenvalue weighted by atomic mass is 79.9. The highest BCUT2D eigenvalue weighted by molar-refractivity contribution is 9.10. The van der Waals surface area contributed by atoms with E-state index in [2.05, 4.69) is 22.9 Å². The van der Waals surface area contributed by atoms with Gasteiger partial charge < -0.3 is 4.74 Å². The smallest absolute Gasteiger partial charge is 0.313 e. The number of unbranched alkanes of at least 4 members (excludes halogenated alkanes) is 1. The maximum absolute atomic E-state index is 11.6. The summed E-state index contributed by atoms with van der Waals surface area (Å²) < 4.78 is 5.85. The Bertz CT molecular complexity index is 322. The van der Waals surface area contributed by atoms with E-state index in [1.165, 1.54) is 7.11 Å². The van der Waals surface area contributed by atoms with Gasteiger partial charge in [-0.15, -0.1) is 0 Å². The lowest BCUT2D eigenvalue weighted by Gasteiger charge is -2.13. The Morgan fingerprint density at radius 3 is 2.80 bits per heavy atom. The number of carbonyl (C=O) groups is 1. The lowest BCUT2D eigenvalue weighted by atomic mass is 9.96. The molecule has 0 aromatic carbocycles. The fourth-order valence-corrected chi connectivity index (χ4v) is 3.12. The summed E-state index contributed by atoms with van der Waals surface area (Å²) in [5.41, 5.74) is 1.06. The molecule has 0 aliphatic rings. The minimum absolute atomic E-state index is 0.115. The summed E-state index contributed by atoms with van der Waals surface area (Å²) in [7, 11) is 1.45. The van der Waals surface area contributed by atoms with Gasteiger partial charge >= 0.3 is 5.97 Å². The number of carbonyl (C=O) groups excluding carboxylic acids is 1. The molecule has 1 aromatic rings. The summed E-state index contributed by atoms with van der Waals surface area (Å²) in [5.74, 6) is -0.252. The number of rotatable bonds is 5.